The fourth-order valence-electron chi connectivity index (χ4n) is 2.53. The molecule has 5 nitrogen and oxygen atoms in total. The molecule has 1 aliphatic rings. The highest BCUT2D eigenvalue weighted by atomic mass is 32.1. The molecule has 22 heavy (non-hydrogen) atoms. The van der Waals surface area contributed by atoms with Gasteiger partial charge in [0.15, 0.2) is 5.13 Å². The lowest BCUT2D eigenvalue weighted by molar-refractivity contribution is -0.130. The van der Waals surface area contributed by atoms with E-state index in [4.69, 9.17) is 0 Å². The van der Waals surface area contributed by atoms with Crippen LogP contribution in [0.2, 0.25) is 0 Å². The van der Waals surface area contributed by atoms with E-state index >= 15 is 0 Å². The monoisotopic (exact) mass is 316 g/mol. The van der Waals surface area contributed by atoms with Gasteiger partial charge in [0.2, 0.25) is 5.91 Å². The Bertz CT molecular complexity index is 620. The van der Waals surface area contributed by atoms with Gasteiger partial charge in [0.05, 0.1) is 5.69 Å². The number of piperazine rings is 1. The first kappa shape index (κ1) is 15.0. The second-order valence-corrected chi connectivity index (χ2v) is 6.28. The van der Waals surface area contributed by atoms with Crippen molar-refractivity contribution in [2.45, 2.75) is 13.5 Å². The van der Waals surface area contributed by atoms with Gasteiger partial charge in [-0.05, 0) is 12.1 Å². The minimum Gasteiger partial charge on any atom is -0.340 e. The zero-order chi connectivity index (χ0) is 15.4. The van der Waals surface area contributed by atoms with Crippen LogP contribution in [0.5, 0.6) is 0 Å². The van der Waals surface area contributed by atoms with E-state index in [2.05, 4.69) is 20.6 Å². The summed E-state index contributed by atoms with van der Waals surface area (Å²) < 4.78 is 0. The van der Waals surface area contributed by atoms with Crippen LogP contribution in [0.4, 0.5) is 10.8 Å². The minimum atomic E-state index is 0.169. The predicted molar refractivity (Wildman–Crippen MR) is 89.4 cm³/mol. The highest BCUT2D eigenvalue weighted by Crippen LogP contribution is 2.21. The van der Waals surface area contributed by atoms with E-state index in [1.165, 1.54) is 0 Å². The number of benzene rings is 1. The molecule has 0 bridgehead atoms. The Balaban J connectivity index is 1.53. The molecule has 1 fully saturated rings. The molecule has 116 valence electrons. The topological polar surface area (TPSA) is 48.5 Å². The summed E-state index contributed by atoms with van der Waals surface area (Å²) in [5, 5.41) is 6.34. The van der Waals surface area contributed by atoms with Gasteiger partial charge in [0.1, 0.15) is 0 Å². The Morgan fingerprint density at radius 2 is 1.95 bits per heavy atom. The maximum Gasteiger partial charge on any atom is 0.219 e. The van der Waals surface area contributed by atoms with Crippen LogP contribution in [0.1, 0.15) is 12.6 Å². The van der Waals surface area contributed by atoms with Crippen LogP contribution in [0.25, 0.3) is 0 Å². The van der Waals surface area contributed by atoms with Crippen LogP contribution in [0, 0.1) is 0 Å². The van der Waals surface area contributed by atoms with Crippen molar-refractivity contribution in [3.63, 3.8) is 0 Å². The summed E-state index contributed by atoms with van der Waals surface area (Å²) in [5.41, 5.74) is 2.14. The number of hydrogen-bond acceptors (Lipinski definition) is 5. The van der Waals surface area contributed by atoms with Crippen LogP contribution in [-0.4, -0.2) is 46.9 Å². The fourth-order valence-corrected chi connectivity index (χ4v) is 3.25. The maximum atomic E-state index is 11.3. The van der Waals surface area contributed by atoms with Gasteiger partial charge in [-0.25, -0.2) is 4.98 Å². The molecule has 0 aliphatic carbocycles. The molecule has 2 heterocycles. The van der Waals surface area contributed by atoms with Gasteiger partial charge < -0.3 is 10.2 Å². The zero-order valence-corrected chi connectivity index (χ0v) is 13.5. The van der Waals surface area contributed by atoms with Gasteiger partial charge in [-0.2, -0.15) is 0 Å². The highest BCUT2D eigenvalue weighted by Gasteiger charge is 2.19. The summed E-state index contributed by atoms with van der Waals surface area (Å²) in [6.07, 6.45) is 0. The Morgan fingerprint density at radius 1 is 1.23 bits per heavy atom. The SMILES string of the molecule is CC(=O)N1CCN(Cc2csc(Nc3ccccc3)n2)CC1. The molecule has 1 amide bonds. The number of carbonyl (C=O) groups excluding carboxylic acids is 1. The Kier molecular flexibility index (Phi) is 4.70. The number of anilines is 2. The van der Waals surface area contributed by atoms with Gasteiger partial charge in [0, 0.05) is 50.7 Å². The average molecular weight is 316 g/mol. The molecule has 2 aromatic rings. The minimum absolute atomic E-state index is 0.169. The molecular weight excluding hydrogens is 296 g/mol. The number of para-hydroxylation sites is 1. The van der Waals surface area contributed by atoms with E-state index < -0.39 is 0 Å². The lowest BCUT2D eigenvalue weighted by atomic mass is 10.3. The molecule has 0 unspecified atom stereocenters. The molecule has 0 atom stereocenters. The Hall–Kier alpha value is -1.92. The van der Waals surface area contributed by atoms with E-state index in [0.29, 0.717) is 0 Å². The molecule has 1 aromatic carbocycles. The van der Waals surface area contributed by atoms with Crippen molar-refractivity contribution in [1.82, 2.24) is 14.8 Å². The van der Waals surface area contributed by atoms with Crippen molar-refractivity contribution in [2.75, 3.05) is 31.5 Å². The number of thiazole rings is 1. The number of rotatable bonds is 4. The maximum absolute atomic E-state index is 11.3. The average Bonchev–Trinajstić information content (AvgIpc) is 2.96. The van der Waals surface area contributed by atoms with Gasteiger partial charge in [-0.3, -0.25) is 9.69 Å². The number of hydrogen-bond donors (Lipinski definition) is 1. The van der Waals surface area contributed by atoms with Crippen molar-refractivity contribution in [1.29, 1.82) is 0 Å². The highest BCUT2D eigenvalue weighted by molar-refractivity contribution is 7.13. The number of nitrogens with zero attached hydrogens (tertiary/aromatic N) is 3. The molecular formula is C16H20N4OS. The van der Waals surface area contributed by atoms with E-state index in [1.807, 2.05) is 35.2 Å². The summed E-state index contributed by atoms with van der Waals surface area (Å²) in [6.45, 7) is 5.94. The van der Waals surface area contributed by atoms with Gasteiger partial charge in [-0.1, -0.05) is 18.2 Å². The molecule has 1 aliphatic heterocycles. The molecule has 0 radical (unpaired) electrons. The summed E-state index contributed by atoms with van der Waals surface area (Å²) in [5.74, 6) is 0.169. The van der Waals surface area contributed by atoms with Gasteiger partial charge in [0.25, 0.3) is 0 Å². The van der Waals surface area contributed by atoms with Crippen molar-refractivity contribution in [3.05, 3.63) is 41.4 Å². The molecule has 1 saturated heterocycles. The van der Waals surface area contributed by atoms with E-state index in [1.54, 1.807) is 18.3 Å². The molecule has 1 N–H and O–H groups in total. The first-order valence-electron chi connectivity index (χ1n) is 7.45. The molecule has 3 rings (SSSR count). The second-order valence-electron chi connectivity index (χ2n) is 5.42. The van der Waals surface area contributed by atoms with Gasteiger partial charge in [-0.15, -0.1) is 11.3 Å². The van der Waals surface area contributed by atoms with Crippen molar-refractivity contribution >= 4 is 28.1 Å². The van der Waals surface area contributed by atoms with Crippen LogP contribution in [0.15, 0.2) is 35.7 Å². The number of carbonyl (C=O) groups is 1. The standard InChI is InChI=1S/C16H20N4OS/c1-13(21)20-9-7-19(8-10-20)11-15-12-22-16(18-15)17-14-5-3-2-4-6-14/h2-6,12H,7-11H2,1H3,(H,17,18). The fraction of sp³-hybridized carbons (Fsp3) is 0.375. The summed E-state index contributed by atoms with van der Waals surface area (Å²) in [7, 11) is 0. The van der Waals surface area contributed by atoms with Gasteiger partial charge >= 0.3 is 0 Å². The molecule has 6 heteroatoms. The third kappa shape index (κ3) is 3.84. The van der Waals surface area contributed by atoms with Crippen molar-refractivity contribution in [2.24, 2.45) is 0 Å². The van der Waals surface area contributed by atoms with E-state index in [-0.39, 0.29) is 5.91 Å². The summed E-state index contributed by atoms with van der Waals surface area (Å²) in [4.78, 5) is 20.2. The molecule has 1 aromatic heterocycles. The summed E-state index contributed by atoms with van der Waals surface area (Å²) >= 11 is 1.62. The Labute approximate surface area is 134 Å². The first-order valence-corrected chi connectivity index (χ1v) is 8.33. The van der Waals surface area contributed by atoms with Crippen LogP contribution in [0.3, 0.4) is 0 Å². The number of aromatic nitrogens is 1. The van der Waals surface area contributed by atoms with Crippen molar-refractivity contribution < 1.29 is 4.79 Å². The lowest BCUT2D eigenvalue weighted by Gasteiger charge is -2.33. The largest absolute Gasteiger partial charge is 0.340 e. The van der Waals surface area contributed by atoms with Crippen LogP contribution < -0.4 is 5.32 Å². The first-order chi connectivity index (χ1) is 10.7. The second kappa shape index (κ2) is 6.89. The third-order valence-electron chi connectivity index (χ3n) is 3.78. The zero-order valence-electron chi connectivity index (χ0n) is 12.7. The van der Waals surface area contributed by atoms with E-state index in [9.17, 15) is 4.79 Å². The quantitative estimate of drug-likeness (QED) is 0.942. The predicted octanol–water partition coefficient (Wildman–Crippen LogP) is 2.55. The summed E-state index contributed by atoms with van der Waals surface area (Å²) in [6, 6.07) is 10.1. The van der Waals surface area contributed by atoms with Crippen LogP contribution in [-0.2, 0) is 11.3 Å². The smallest absolute Gasteiger partial charge is 0.219 e. The third-order valence-corrected chi connectivity index (χ3v) is 4.59. The molecule has 0 spiro atoms. The van der Waals surface area contributed by atoms with E-state index in [0.717, 1.165) is 49.2 Å². The Morgan fingerprint density at radius 3 is 2.64 bits per heavy atom. The normalized spacial score (nSPS) is 15.8. The van der Waals surface area contributed by atoms with Crippen molar-refractivity contribution in [3.8, 4) is 0 Å². The van der Waals surface area contributed by atoms with Crippen LogP contribution >= 0.6 is 11.3 Å². The lowest BCUT2D eigenvalue weighted by Crippen LogP contribution is -2.47. The number of amides is 1. The number of nitrogens with one attached hydrogen (secondary N) is 1. The molecule has 0 saturated carbocycles.